The monoisotopic (exact) mass is 295 g/mol. The molecule has 116 valence electrons. The standard InChI is InChI=1S/C13H21N5O3/c1-8(2)17-13(19)9-6-21-5-4-18(9)12-10(20-3)11(14)15-7-16-12/h7-9H,4-6H2,1-3H3,(H,17,19)(H2,14,15,16). The third kappa shape index (κ3) is 3.33. The summed E-state index contributed by atoms with van der Waals surface area (Å²) in [6, 6.07) is -0.414. The van der Waals surface area contributed by atoms with Gasteiger partial charge >= 0.3 is 0 Å². The average molecular weight is 295 g/mol. The van der Waals surface area contributed by atoms with Crippen LogP contribution in [0.25, 0.3) is 0 Å². The van der Waals surface area contributed by atoms with Gasteiger partial charge in [-0.15, -0.1) is 0 Å². The summed E-state index contributed by atoms with van der Waals surface area (Å²) in [6.07, 6.45) is 1.36. The molecule has 8 heteroatoms. The number of nitrogen functional groups attached to an aromatic ring is 1. The molecule has 2 rings (SSSR count). The van der Waals surface area contributed by atoms with Gasteiger partial charge in [0.1, 0.15) is 12.4 Å². The van der Waals surface area contributed by atoms with Gasteiger partial charge < -0.3 is 25.4 Å². The predicted octanol–water partition coefficient (Wildman–Crippen LogP) is -0.203. The van der Waals surface area contributed by atoms with Gasteiger partial charge in [-0.1, -0.05) is 0 Å². The maximum absolute atomic E-state index is 12.3. The molecule has 1 unspecified atom stereocenters. The zero-order valence-corrected chi connectivity index (χ0v) is 12.5. The van der Waals surface area contributed by atoms with Crippen molar-refractivity contribution in [3.8, 4) is 5.75 Å². The number of hydrogen-bond donors (Lipinski definition) is 2. The van der Waals surface area contributed by atoms with Crippen LogP contribution >= 0.6 is 0 Å². The smallest absolute Gasteiger partial charge is 0.245 e. The van der Waals surface area contributed by atoms with Crippen molar-refractivity contribution in [2.75, 3.05) is 37.5 Å². The highest BCUT2D eigenvalue weighted by Gasteiger charge is 2.33. The fourth-order valence-electron chi connectivity index (χ4n) is 2.23. The molecule has 0 saturated carbocycles. The summed E-state index contributed by atoms with van der Waals surface area (Å²) < 4.78 is 10.7. The molecule has 1 aromatic rings. The molecule has 1 fully saturated rings. The molecular weight excluding hydrogens is 274 g/mol. The van der Waals surface area contributed by atoms with E-state index in [1.807, 2.05) is 18.7 Å². The molecule has 8 nitrogen and oxygen atoms in total. The summed E-state index contributed by atoms with van der Waals surface area (Å²) in [5.74, 6) is 1.03. The van der Waals surface area contributed by atoms with Crippen LogP contribution in [0.5, 0.6) is 5.75 Å². The van der Waals surface area contributed by atoms with Crippen LogP contribution < -0.4 is 20.7 Å². The predicted molar refractivity (Wildman–Crippen MR) is 78.2 cm³/mol. The molecule has 1 aromatic heterocycles. The van der Waals surface area contributed by atoms with Gasteiger partial charge in [-0.2, -0.15) is 0 Å². The van der Waals surface area contributed by atoms with Gasteiger partial charge in [0.2, 0.25) is 11.7 Å². The summed E-state index contributed by atoms with van der Waals surface area (Å²) in [5.41, 5.74) is 5.81. The first-order chi connectivity index (χ1) is 10.0. The third-order valence-electron chi connectivity index (χ3n) is 3.15. The van der Waals surface area contributed by atoms with Crippen LogP contribution in [0.2, 0.25) is 0 Å². The Kier molecular flexibility index (Phi) is 4.79. The molecule has 2 heterocycles. The molecule has 3 N–H and O–H groups in total. The lowest BCUT2D eigenvalue weighted by Crippen LogP contribution is -2.55. The van der Waals surface area contributed by atoms with E-state index < -0.39 is 6.04 Å². The van der Waals surface area contributed by atoms with Crippen LogP contribution in [0, 0.1) is 0 Å². The van der Waals surface area contributed by atoms with E-state index in [9.17, 15) is 4.79 Å². The Morgan fingerprint density at radius 1 is 1.57 bits per heavy atom. The molecule has 1 atom stereocenters. The Bertz CT molecular complexity index is 509. The van der Waals surface area contributed by atoms with E-state index in [1.165, 1.54) is 13.4 Å². The zero-order chi connectivity index (χ0) is 15.4. The third-order valence-corrected chi connectivity index (χ3v) is 3.15. The number of hydrogen-bond acceptors (Lipinski definition) is 7. The number of nitrogens with one attached hydrogen (secondary N) is 1. The Hall–Kier alpha value is -2.09. The highest BCUT2D eigenvalue weighted by molar-refractivity contribution is 5.86. The minimum absolute atomic E-state index is 0.0543. The SMILES string of the molecule is COc1c(N)ncnc1N1CCOCC1C(=O)NC(C)C. The van der Waals surface area contributed by atoms with E-state index in [2.05, 4.69) is 15.3 Å². The molecule has 0 radical (unpaired) electrons. The molecule has 0 aromatic carbocycles. The Morgan fingerprint density at radius 2 is 2.33 bits per heavy atom. The minimum atomic E-state index is -0.468. The number of nitrogens with two attached hydrogens (primary N) is 1. The summed E-state index contributed by atoms with van der Waals surface area (Å²) >= 11 is 0. The second-order valence-electron chi connectivity index (χ2n) is 5.06. The number of aromatic nitrogens is 2. The van der Waals surface area contributed by atoms with Crippen molar-refractivity contribution in [3.05, 3.63) is 6.33 Å². The highest BCUT2D eigenvalue weighted by atomic mass is 16.5. The second kappa shape index (κ2) is 6.57. The Labute approximate surface area is 123 Å². The molecule has 1 saturated heterocycles. The van der Waals surface area contributed by atoms with Crippen molar-refractivity contribution >= 4 is 17.5 Å². The van der Waals surface area contributed by atoms with Crippen molar-refractivity contribution < 1.29 is 14.3 Å². The van der Waals surface area contributed by atoms with E-state index >= 15 is 0 Å². The number of carbonyl (C=O) groups is 1. The first-order valence-corrected chi connectivity index (χ1v) is 6.83. The van der Waals surface area contributed by atoms with Crippen molar-refractivity contribution in [3.63, 3.8) is 0 Å². The number of anilines is 2. The normalized spacial score (nSPS) is 18.7. The Morgan fingerprint density at radius 3 is 3.00 bits per heavy atom. The van der Waals surface area contributed by atoms with E-state index in [1.54, 1.807) is 0 Å². The zero-order valence-electron chi connectivity index (χ0n) is 12.5. The summed E-state index contributed by atoms with van der Waals surface area (Å²) in [7, 11) is 1.50. The van der Waals surface area contributed by atoms with Crippen LogP contribution in [-0.2, 0) is 9.53 Å². The van der Waals surface area contributed by atoms with Gasteiger partial charge in [0.15, 0.2) is 11.6 Å². The number of amides is 1. The van der Waals surface area contributed by atoms with Crippen molar-refractivity contribution in [2.45, 2.75) is 25.9 Å². The van der Waals surface area contributed by atoms with Gasteiger partial charge in [0.05, 0.1) is 20.3 Å². The van der Waals surface area contributed by atoms with Crippen LogP contribution in [0.3, 0.4) is 0 Å². The van der Waals surface area contributed by atoms with Gasteiger partial charge in [0.25, 0.3) is 0 Å². The largest absolute Gasteiger partial charge is 0.490 e. The number of carbonyl (C=O) groups excluding carboxylic acids is 1. The molecule has 1 amide bonds. The molecule has 1 aliphatic heterocycles. The molecule has 1 aliphatic rings. The molecular formula is C13H21N5O3. The average Bonchev–Trinajstić information content (AvgIpc) is 2.46. The number of rotatable bonds is 4. The maximum atomic E-state index is 12.3. The van der Waals surface area contributed by atoms with Crippen LogP contribution in [0.4, 0.5) is 11.6 Å². The summed E-state index contributed by atoms with van der Waals surface area (Å²) in [6.45, 7) is 5.16. The lowest BCUT2D eigenvalue weighted by molar-refractivity contribution is -0.125. The number of ether oxygens (including phenoxy) is 2. The molecule has 0 spiro atoms. The first kappa shape index (κ1) is 15.3. The fourth-order valence-corrected chi connectivity index (χ4v) is 2.23. The second-order valence-corrected chi connectivity index (χ2v) is 5.06. The topological polar surface area (TPSA) is 103 Å². The van der Waals surface area contributed by atoms with E-state index in [0.29, 0.717) is 31.3 Å². The molecule has 0 aliphatic carbocycles. The van der Waals surface area contributed by atoms with Crippen molar-refractivity contribution in [2.24, 2.45) is 0 Å². The Balaban J connectivity index is 2.31. The summed E-state index contributed by atoms with van der Waals surface area (Å²) in [4.78, 5) is 22.3. The lowest BCUT2D eigenvalue weighted by Gasteiger charge is -2.36. The van der Waals surface area contributed by atoms with Gasteiger partial charge in [-0.25, -0.2) is 9.97 Å². The maximum Gasteiger partial charge on any atom is 0.245 e. The van der Waals surface area contributed by atoms with Gasteiger partial charge in [-0.05, 0) is 13.8 Å². The van der Waals surface area contributed by atoms with Crippen LogP contribution in [-0.4, -0.2) is 54.8 Å². The number of nitrogens with zero attached hydrogens (tertiary/aromatic N) is 3. The van der Waals surface area contributed by atoms with Crippen LogP contribution in [0.15, 0.2) is 6.33 Å². The number of morpholine rings is 1. The van der Waals surface area contributed by atoms with Crippen molar-refractivity contribution in [1.29, 1.82) is 0 Å². The van der Waals surface area contributed by atoms with Gasteiger partial charge in [-0.3, -0.25) is 4.79 Å². The van der Waals surface area contributed by atoms with Gasteiger partial charge in [0, 0.05) is 12.6 Å². The highest BCUT2D eigenvalue weighted by Crippen LogP contribution is 2.31. The van der Waals surface area contributed by atoms with Crippen molar-refractivity contribution in [1.82, 2.24) is 15.3 Å². The quantitative estimate of drug-likeness (QED) is 0.792. The number of methoxy groups -OCH3 is 1. The van der Waals surface area contributed by atoms with E-state index in [-0.39, 0.29) is 17.8 Å². The lowest BCUT2D eigenvalue weighted by atomic mass is 10.2. The summed E-state index contributed by atoms with van der Waals surface area (Å²) in [5, 5.41) is 2.89. The fraction of sp³-hybridized carbons (Fsp3) is 0.615. The van der Waals surface area contributed by atoms with E-state index in [0.717, 1.165) is 0 Å². The first-order valence-electron chi connectivity index (χ1n) is 6.83. The van der Waals surface area contributed by atoms with E-state index in [4.69, 9.17) is 15.2 Å². The van der Waals surface area contributed by atoms with Crippen LogP contribution in [0.1, 0.15) is 13.8 Å². The molecule has 21 heavy (non-hydrogen) atoms. The molecule has 0 bridgehead atoms. The minimum Gasteiger partial charge on any atom is -0.490 e.